The Morgan fingerprint density at radius 3 is 2.74 bits per heavy atom. The lowest BCUT2D eigenvalue weighted by Gasteiger charge is -2.09. The highest BCUT2D eigenvalue weighted by Crippen LogP contribution is 2.27. The van der Waals surface area contributed by atoms with Crippen LogP contribution in [0.25, 0.3) is 0 Å². The van der Waals surface area contributed by atoms with Gasteiger partial charge in [-0.05, 0) is 36.4 Å². The molecular formula is C14H10N2O3. The van der Waals surface area contributed by atoms with Crippen molar-refractivity contribution in [2.24, 2.45) is 0 Å². The summed E-state index contributed by atoms with van der Waals surface area (Å²) in [6.45, 7) is 0. The number of hydrogen-bond donors (Lipinski definition) is 2. The molecule has 0 heterocycles. The van der Waals surface area contributed by atoms with Gasteiger partial charge in [0.1, 0.15) is 17.1 Å². The number of carboxylic acid groups (broad SMARTS) is 1. The molecule has 3 N–H and O–H groups in total. The van der Waals surface area contributed by atoms with Crippen LogP contribution in [0.4, 0.5) is 5.69 Å². The second-order valence-corrected chi connectivity index (χ2v) is 3.80. The second-order valence-electron chi connectivity index (χ2n) is 3.80. The molecule has 0 amide bonds. The number of nitrogens with two attached hydrogens (primary N) is 1. The van der Waals surface area contributed by atoms with E-state index in [4.69, 9.17) is 20.8 Å². The molecule has 5 heteroatoms. The Kier molecular flexibility index (Phi) is 3.35. The van der Waals surface area contributed by atoms with Crippen molar-refractivity contribution in [3.8, 4) is 17.6 Å². The molecule has 0 aliphatic rings. The van der Waals surface area contributed by atoms with Crippen LogP contribution in [-0.4, -0.2) is 11.1 Å². The number of nitrogen functional groups attached to an aromatic ring is 1. The van der Waals surface area contributed by atoms with E-state index in [9.17, 15) is 4.79 Å². The summed E-state index contributed by atoms with van der Waals surface area (Å²) < 4.78 is 5.48. The van der Waals surface area contributed by atoms with Crippen LogP contribution in [0.1, 0.15) is 15.9 Å². The van der Waals surface area contributed by atoms with Crippen molar-refractivity contribution in [1.82, 2.24) is 0 Å². The molecule has 2 aromatic rings. The third-order valence-corrected chi connectivity index (χ3v) is 2.42. The number of benzene rings is 2. The third-order valence-electron chi connectivity index (χ3n) is 2.42. The minimum atomic E-state index is -1.13. The minimum absolute atomic E-state index is 0.0256. The van der Waals surface area contributed by atoms with Crippen LogP contribution in [0, 0.1) is 11.3 Å². The maximum absolute atomic E-state index is 11.1. The fourth-order valence-corrected chi connectivity index (χ4v) is 1.56. The smallest absolute Gasteiger partial charge is 0.339 e. The average Bonchev–Trinajstić information content (AvgIpc) is 2.41. The van der Waals surface area contributed by atoms with Gasteiger partial charge in [-0.2, -0.15) is 5.26 Å². The minimum Gasteiger partial charge on any atom is -0.478 e. The average molecular weight is 254 g/mol. The highest BCUT2D eigenvalue weighted by molar-refractivity contribution is 5.92. The second kappa shape index (κ2) is 5.10. The molecule has 0 bridgehead atoms. The molecule has 19 heavy (non-hydrogen) atoms. The van der Waals surface area contributed by atoms with Crippen molar-refractivity contribution in [2.75, 3.05) is 5.73 Å². The summed E-state index contributed by atoms with van der Waals surface area (Å²) in [5, 5.41) is 17.9. The van der Waals surface area contributed by atoms with Crippen molar-refractivity contribution in [3.05, 3.63) is 53.6 Å². The summed E-state index contributed by atoms with van der Waals surface area (Å²) in [4.78, 5) is 11.1. The predicted octanol–water partition coefficient (Wildman–Crippen LogP) is 2.63. The molecule has 0 unspecified atom stereocenters. The Labute approximate surface area is 109 Å². The first kappa shape index (κ1) is 12.5. The maximum atomic E-state index is 11.1. The number of aromatic carboxylic acids is 1. The topological polar surface area (TPSA) is 96.3 Å². The van der Waals surface area contributed by atoms with Crippen molar-refractivity contribution >= 4 is 11.7 Å². The van der Waals surface area contributed by atoms with E-state index < -0.39 is 5.97 Å². The van der Waals surface area contributed by atoms with Gasteiger partial charge in [-0.3, -0.25) is 0 Å². The van der Waals surface area contributed by atoms with E-state index >= 15 is 0 Å². The quantitative estimate of drug-likeness (QED) is 0.820. The monoisotopic (exact) mass is 254 g/mol. The number of ether oxygens (including phenoxy) is 1. The summed E-state index contributed by atoms with van der Waals surface area (Å²) >= 11 is 0. The molecular weight excluding hydrogens is 244 g/mol. The van der Waals surface area contributed by atoms with Gasteiger partial charge in [-0.1, -0.05) is 6.07 Å². The number of rotatable bonds is 3. The molecule has 0 atom stereocenters. The van der Waals surface area contributed by atoms with Crippen LogP contribution >= 0.6 is 0 Å². The lowest BCUT2D eigenvalue weighted by Crippen LogP contribution is -2.01. The van der Waals surface area contributed by atoms with Crippen molar-refractivity contribution in [1.29, 1.82) is 5.26 Å². The van der Waals surface area contributed by atoms with Gasteiger partial charge < -0.3 is 15.6 Å². The van der Waals surface area contributed by atoms with Crippen molar-refractivity contribution in [3.63, 3.8) is 0 Å². The summed E-state index contributed by atoms with van der Waals surface area (Å²) in [7, 11) is 0. The first-order chi connectivity index (χ1) is 9.10. The van der Waals surface area contributed by atoms with E-state index in [1.165, 1.54) is 18.2 Å². The molecule has 0 fully saturated rings. The van der Waals surface area contributed by atoms with Crippen molar-refractivity contribution in [2.45, 2.75) is 0 Å². The maximum Gasteiger partial charge on any atom is 0.339 e. The normalized spacial score (nSPS) is 9.63. The molecule has 94 valence electrons. The van der Waals surface area contributed by atoms with Gasteiger partial charge in [0.25, 0.3) is 0 Å². The van der Waals surface area contributed by atoms with E-state index in [1.54, 1.807) is 24.3 Å². The molecule has 0 spiro atoms. The molecule has 0 saturated heterocycles. The number of hydrogen-bond acceptors (Lipinski definition) is 4. The molecule has 2 rings (SSSR count). The highest BCUT2D eigenvalue weighted by Gasteiger charge is 2.12. The van der Waals surface area contributed by atoms with Crippen LogP contribution in [-0.2, 0) is 0 Å². The zero-order valence-electron chi connectivity index (χ0n) is 9.83. The number of nitriles is 1. The lowest BCUT2D eigenvalue weighted by molar-refractivity contribution is 0.0694. The molecule has 5 nitrogen and oxygen atoms in total. The van der Waals surface area contributed by atoms with Crippen LogP contribution in [0.2, 0.25) is 0 Å². The number of anilines is 1. The molecule has 0 aromatic heterocycles. The molecule has 0 aliphatic heterocycles. The van der Waals surface area contributed by atoms with Crippen LogP contribution in [0.3, 0.4) is 0 Å². The first-order valence-electron chi connectivity index (χ1n) is 5.41. The van der Waals surface area contributed by atoms with E-state index in [-0.39, 0.29) is 11.3 Å². The summed E-state index contributed by atoms with van der Waals surface area (Å²) in [6, 6.07) is 12.8. The highest BCUT2D eigenvalue weighted by atomic mass is 16.5. The van der Waals surface area contributed by atoms with E-state index in [0.29, 0.717) is 17.0 Å². The summed E-state index contributed by atoms with van der Waals surface area (Å²) in [5.74, 6) is -0.554. The molecule has 0 saturated carbocycles. The Morgan fingerprint density at radius 2 is 2.05 bits per heavy atom. The van der Waals surface area contributed by atoms with E-state index in [1.807, 2.05) is 6.07 Å². The van der Waals surface area contributed by atoms with Gasteiger partial charge in [0.2, 0.25) is 0 Å². The summed E-state index contributed by atoms with van der Waals surface area (Å²) in [5.41, 5.74) is 6.29. The molecule has 2 aromatic carbocycles. The molecule has 0 aliphatic carbocycles. The zero-order chi connectivity index (χ0) is 13.8. The van der Waals surface area contributed by atoms with E-state index in [0.717, 1.165) is 0 Å². The lowest BCUT2D eigenvalue weighted by atomic mass is 10.1. The number of nitrogens with zero attached hydrogens (tertiary/aromatic N) is 1. The van der Waals surface area contributed by atoms with Gasteiger partial charge in [0, 0.05) is 5.69 Å². The van der Waals surface area contributed by atoms with Crippen molar-refractivity contribution < 1.29 is 14.6 Å². The SMILES string of the molecule is N#Cc1cccc(Oc2ccc(N)cc2C(=O)O)c1. The number of carbonyl (C=O) groups is 1. The standard InChI is InChI=1S/C14H10N2O3/c15-8-9-2-1-3-11(6-9)19-13-5-4-10(16)7-12(13)14(17)18/h1-7H,16H2,(H,17,18). The Morgan fingerprint density at radius 1 is 1.26 bits per heavy atom. The van der Waals surface area contributed by atoms with E-state index in [2.05, 4.69) is 0 Å². The fourth-order valence-electron chi connectivity index (χ4n) is 1.56. The number of carboxylic acids is 1. The first-order valence-corrected chi connectivity index (χ1v) is 5.41. The Balaban J connectivity index is 2.38. The van der Waals surface area contributed by atoms with Gasteiger partial charge in [-0.25, -0.2) is 4.79 Å². The Hall–Kier alpha value is -3.00. The van der Waals surface area contributed by atoms with Crippen LogP contribution < -0.4 is 10.5 Å². The summed E-state index contributed by atoms with van der Waals surface area (Å²) in [6.07, 6.45) is 0. The van der Waals surface area contributed by atoms with Gasteiger partial charge in [-0.15, -0.1) is 0 Å². The van der Waals surface area contributed by atoms with Crippen LogP contribution in [0.15, 0.2) is 42.5 Å². The van der Waals surface area contributed by atoms with Gasteiger partial charge in [0.15, 0.2) is 0 Å². The van der Waals surface area contributed by atoms with Gasteiger partial charge >= 0.3 is 5.97 Å². The van der Waals surface area contributed by atoms with Crippen LogP contribution in [0.5, 0.6) is 11.5 Å². The molecule has 0 radical (unpaired) electrons. The van der Waals surface area contributed by atoms with Gasteiger partial charge in [0.05, 0.1) is 11.6 Å². The zero-order valence-corrected chi connectivity index (χ0v) is 9.83. The fraction of sp³-hybridized carbons (Fsp3) is 0. The third kappa shape index (κ3) is 2.82. The predicted molar refractivity (Wildman–Crippen MR) is 69.0 cm³/mol. The largest absolute Gasteiger partial charge is 0.478 e. The Bertz CT molecular complexity index is 675.